The van der Waals surface area contributed by atoms with E-state index in [1.54, 1.807) is 24.5 Å². The molecule has 1 atom stereocenters. The first-order valence-electron chi connectivity index (χ1n) is 8.69. The monoisotopic (exact) mass is 411 g/mol. The Labute approximate surface area is 170 Å². The number of methoxy groups -OCH3 is 1. The Balaban J connectivity index is 1.66. The first-order chi connectivity index (χ1) is 14.4. The minimum absolute atomic E-state index is 0.0878. The second kappa shape index (κ2) is 8.82. The highest BCUT2D eigenvalue weighted by atomic mass is 16.6. The van der Waals surface area contributed by atoms with Crippen LogP contribution in [0.15, 0.2) is 55.0 Å². The van der Waals surface area contributed by atoms with Gasteiger partial charge in [0.1, 0.15) is 5.75 Å². The molecule has 1 aromatic carbocycles. The van der Waals surface area contributed by atoms with Gasteiger partial charge < -0.3 is 14.8 Å². The predicted molar refractivity (Wildman–Crippen MR) is 105 cm³/mol. The quantitative estimate of drug-likeness (QED) is 0.355. The molecule has 2 aromatic heterocycles. The molecule has 0 spiro atoms. The lowest BCUT2D eigenvalue weighted by Gasteiger charge is -2.15. The zero-order valence-electron chi connectivity index (χ0n) is 16.0. The minimum Gasteiger partial charge on any atom is -0.495 e. The van der Waals surface area contributed by atoms with E-state index in [0.717, 1.165) is 6.07 Å². The fourth-order valence-corrected chi connectivity index (χ4v) is 2.47. The zero-order chi connectivity index (χ0) is 21.7. The average molecular weight is 411 g/mol. The van der Waals surface area contributed by atoms with E-state index in [0.29, 0.717) is 5.82 Å². The zero-order valence-corrected chi connectivity index (χ0v) is 16.0. The van der Waals surface area contributed by atoms with Crippen molar-refractivity contribution in [3.05, 3.63) is 70.7 Å². The number of rotatable bonds is 7. The summed E-state index contributed by atoms with van der Waals surface area (Å²) in [4.78, 5) is 39.2. The van der Waals surface area contributed by atoms with Gasteiger partial charge in [-0.2, -0.15) is 5.10 Å². The number of esters is 1. The van der Waals surface area contributed by atoms with E-state index >= 15 is 0 Å². The molecular weight excluding hydrogens is 394 g/mol. The second-order valence-electron chi connectivity index (χ2n) is 6.03. The molecular formula is C19H17N5O6. The number of nitro groups is 1. The molecule has 3 aromatic rings. The van der Waals surface area contributed by atoms with Crippen LogP contribution >= 0.6 is 0 Å². The van der Waals surface area contributed by atoms with Gasteiger partial charge in [-0.05, 0) is 31.2 Å². The van der Waals surface area contributed by atoms with Gasteiger partial charge in [-0.3, -0.25) is 14.9 Å². The van der Waals surface area contributed by atoms with Gasteiger partial charge in [0, 0.05) is 30.7 Å². The van der Waals surface area contributed by atoms with Gasteiger partial charge in [0.25, 0.3) is 11.6 Å². The molecule has 154 valence electrons. The molecule has 0 saturated heterocycles. The number of ether oxygens (including phenoxy) is 2. The van der Waals surface area contributed by atoms with Crippen LogP contribution in [0.1, 0.15) is 17.3 Å². The largest absolute Gasteiger partial charge is 0.495 e. The molecule has 2 heterocycles. The summed E-state index contributed by atoms with van der Waals surface area (Å²) in [5.41, 5.74) is 0.0161. The Bertz CT molecular complexity index is 1070. The summed E-state index contributed by atoms with van der Waals surface area (Å²) in [6.07, 6.45) is 3.44. The summed E-state index contributed by atoms with van der Waals surface area (Å²) in [6, 6.07) is 8.58. The number of benzene rings is 1. The SMILES string of the molecule is COc1ccc([N+](=O)[O-])cc1NC(=O)C(C)OC(=O)c1ccc(-n2cccn2)nc1. The Morgan fingerprint density at radius 3 is 2.67 bits per heavy atom. The van der Waals surface area contributed by atoms with Crippen molar-refractivity contribution in [2.24, 2.45) is 0 Å². The van der Waals surface area contributed by atoms with Crippen molar-refractivity contribution in [1.29, 1.82) is 0 Å². The topological polar surface area (TPSA) is 138 Å². The Hall–Kier alpha value is -4.28. The highest BCUT2D eigenvalue weighted by Crippen LogP contribution is 2.29. The molecule has 11 heteroatoms. The van der Waals surface area contributed by atoms with E-state index in [4.69, 9.17) is 9.47 Å². The lowest BCUT2D eigenvalue weighted by Crippen LogP contribution is -2.30. The van der Waals surface area contributed by atoms with E-state index in [1.165, 1.54) is 43.1 Å². The van der Waals surface area contributed by atoms with E-state index in [9.17, 15) is 19.7 Å². The van der Waals surface area contributed by atoms with Crippen molar-refractivity contribution in [1.82, 2.24) is 14.8 Å². The van der Waals surface area contributed by atoms with Crippen LogP contribution in [0.2, 0.25) is 0 Å². The lowest BCUT2D eigenvalue weighted by molar-refractivity contribution is -0.384. The van der Waals surface area contributed by atoms with E-state index in [2.05, 4.69) is 15.4 Å². The third kappa shape index (κ3) is 4.58. The molecule has 0 aliphatic rings. The lowest BCUT2D eigenvalue weighted by atomic mass is 10.2. The molecule has 1 N–H and O–H groups in total. The number of nitrogens with zero attached hydrogens (tertiary/aromatic N) is 4. The molecule has 0 bridgehead atoms. The molecule has 0 radical (unpaired) electrons. The fourth-order valence-electron chi connectivity index (χ4n) is 2.47. The highest BCUT2D eigenvalue weighted by molar-refractivity contribution is 5.98. The number of amides is 1. The summed E-state index contributed by atoms with van der Waals surface area (Å²) in [5.74, 6) is -0.683. The van der Waals surface area contributed by atoms with Gasteiger partial charge in [-0.25, -0.2) is 14.5 Å². The van der Waals surface area contributed by atoms with Crippen LogP contribution < -0.4 is 10.1 Å². The van der Waals surface area contributed by atoms with Crippen LogP contribution in [0.3, 0.4) is 0 Å². The smallest absolute Gasteiger partial charge is 0.340 e. The van der Waals surface area contributed by atoms with E-state index < -0.39 is 22.9 Å². The first-order valence-corrected chi connectivity index (χ1v) is 8.69. The molecule has 3 rings (SSSR count). The Morgan fingerprint density at radius 2 is 2.07 bits per heavy atom. The van der Waals surface area contributed by atoms with Gasteiger partial charge >= 0.3 is 5.97 Å². The molecule has 1 amide bonds. The predicted octanol–water partition coefficient (Wildman–Crippen LogP) is 2.37. The van der Waals surface area contributed by atoms with Crippen molar-refractivity contribution in [3.8, 4) is 11.6 Å². The molecule has 1 unspecified atom stereocenters. The molecule has 0 aliphatic carbocycles. The minimum atomic E-state index is -1.17. The summed E-state index contributed by atoms with van der Waals surface area (Å²) in [5, 5.41) is 17.4. The van der Waals surface area contributed by atoms with E-state index in [-0.39, 0.29) is 22.7 Å². The van der Waals surface area contributed by atoms with Crippen molar-refractivity contribution in [2.75, 3.05) is 12.4 Å². The van der Waals surface area contributed by atoms with Crippen molar-refractivity contribution >= 4 is 23.3 Å². The van der Waals surface area contributed by atoms with Crippen LogP contribution in [0.25, 0.3) is 5.82 Å². The molecule has 0 fully saturated rings. The van der Waals surface area contributed by atoms with Gasteiger partial charge in [0.15, 0.2) is 11.9 Å². The first kappa shape index (κ1) is 20.5. The molecule has 0 aliphatic heterocycles. The van der Waals surface area contributed by atoms with Crippen LogP contribution in [-0.2, 0) is 9.53 Å². The number of nitrogens with one attached hydrogen (secondary N) is 1. The standard InChI is InChI=1S/C19H17N5O6/c1-12(18(25)22-15-10-14(24(27)28)5-6-16(15)29-2)30-19(26)13-4-7-17(20-11-13)23-9-3-8-21-23/h3-12H,1-2H3,(H,22,25). The maximum atomic E-state index is 12.4. The fraction of sp³-hybridized carbons (Fsp3) is 0.158. The van der Waals surface area contributed by atoms with Crippen LogP contribution in [0.4, 0.5) is 11.4 Å². The third-order valence-electron chi connectivity index (χ3n) is 4.03. The number of anilines is 1. The van der Waals surface area contributed by atoms with Gasteiger partial charge in [0.05, 0.1) is 23.3 Å². The summed E-state index contributed by atoms with van der Waals surface area (Å²) in [6.45, 7) is 1.38. The Kier molecular flexibility index (Phi) is 6.01. The van der Waals surface area contributed by atoms with E-state index in [1.807, 2.05) is 0 Å². The van der Waals surface area contributed by atoms with Crippen LogP contribution in [0.5, 0.6) is 5.75 Å². The number of pyridine rings is 1. The second-order valence-corrected chi connectivity index (χ2v) is 6.03. The Morgan fingerprint density at radius 1 is 1.27 bits per heavy atom. The number of hydrogen-bond donors (Lipinski definition) is 1. The molecule has 0 saturated carbocycles. The summed E-state index contributed by atoms with van der Waals surface area (Å²) >= 11 is 0. The number of hydrogen-bond acceptors (Lipinski definition) is 8. The maximum absolute atomic E-state index is 12.4. The highest BCUT2D eigenvalue weighted by Gasteiger charge is 2.22. The van der Waals surface area contributed by atoms with Crippen LogP contribution in [-0.4, -0.2) is 44.8 Å². The number of non-ortho nitro benzene ring substituents is 1. The third-order valence-corrected chi connectivity index (χ3v) is 4.03. The number of nitro benzene ring substituents is 1. The molecule has 11 nitrogen and oxygen atoms in total. The summed E-state index contributed by atoms with van der Waals surface area (Å²) < 4.78 is 11.8. The van der Waals surface area contributed by atoms with Gasteiger partial charge in [0.2, 0.25) is 0 Å². The number of carbonyl (C=O) groups is 2. The van der Waals surface area contributed by atoms with Crippen molar-refractivity contribution in [2.45, 2.75) is 13.0 Å². The number of carbonyl (C=O) groups excluding carboxylic acids is 2. The van der Waals surface area contributed by atoms with Gasteiger partial charge in [-0.1, -0.05) is 0 Å². The van der Waals surface area contributed by atoms with Crippen LogP contribution in [0, 0.1) is 10.1 Å². The maximum Gasteiger partial charge on any atom is 0.340 e. The summed E-state index contributed by atoms with van der Waals surface area (Å²) in [7, 11) is 1.36. The molecule has 30 heavy (non-hydrogen) atoms. The van der Waals surface area contributed by atoms with Crippen molar-refractivity contribution in [3.63, 3.8) is 0 Å². The van der Waals surface area contributed by atoms with Gasteiger partial charge in [-0.15, -0.1) is 0 Å². The normalized spacial score (nSPS) is 11.4. The average Bonchev–Trinajstić information content (AvgIpc) is 3.28. The number of aromatic nitrogens is 3. The van der Waals surface area contributed by atoms with Crippen molar-refractivity contribution < 1.29 is 24.0 Å².